The van der Waals surface area contributed by atoms with Crippen LogP contribution >= 0.6 is 24.0 Å². The summed E-state index contributed by atoms with van der Waals surface area (Å²) in [5.41, 5.74) is 1.27. The molecule has 1 aliphatic rings. The van der Waals surface area contributed by atoms with Crippen molar-refractivity contribution in [3.8, 4) is 5.75 Å². The van der Waals surface area contributed by atoms with E-state index in [1.165, 1.54) is 5.69 Å². The van der Waals surface area contributed by atoms with Crippen LogP contribution in [0.4, 0.5) is 5.69 Å². The number of hydrogen-bond acceptors (Lipinski definition) is 5. The minimum atomic E-state index is 0. The molecule has 2 aromatic rings. The van der Waals surface area contributed by atoms with Gasteiger partial charge in [0, 0.05) is 64.5 Å². The summed E-state index contributed by atoms with van der Waals surface area (Å²) in [6.45, 7) is 9.99. The molecule has 0 atom stereocenters. The zero-order valence-electron chi connectivity index (χ0n) is 18.7. The van der Waals surface area contributed by atoms with Crippen molar-refractivity contribution in [1.29, 1.82) is 0 Å². The second-order valence-corrected chi connectivity index (χ2v) is 7.40. The van der Waals surface area contributed by atoms with E-state index in [9.17, 15) is 0 Å². The summed E-state index contributed by atoms with van der Waals surface area (Å²) in [5, 5.41) is 6.69. The summed E-state index contributed by atoms with van der Waals surface area (Å²) in [5.74, 6) is 2.78. The van der Waals surface area contributed by atoms with E-state index in [1.54, 1.807) is 13.4 Å². The highest BCUT2D eigenvalue weighted by Gasteiger charge is 2.16. The molecular formula is C23H36IN5O2. The normalized spacial score (nSPS) is 14.8. The van der Waals surface area contributed by atoms with Gasteiger partial charge in [-0.2, -0.15) is 0 Å². The third-order valence-electron chi connectivity index (χ3n) is 5.30. The molecule has 0 unspecified atom stereocenters. The summed E-state index contributed by atoms with van der Waals surface area (Å²) in [6.07, 6.45) is 3.64. The Morgan fingerprint density at radius 2 is 1.87 bits per heavy atom. The molecule has 1 saturated heterocycles. The maximum absolute atomic E-state index is 5.37. The van der Waals surface area contributed by atoms with Gasteiger partial charge in [0.2, 0.25) is 0 Å². The highest BCUT2D eigenvalue weighted by atomic mass is 127. The number of furan rings is 1. The Labute approximate surface area is 203 Å². The maximum Gasteiger partial charge on any atom is 0.191 e. The molecule has 0 radical (unpaired) electrons. The number of halogens is 1. The molecule has 0 aliphatic carbocycles. The molecule has 1 fully saturated rings. The standard InChI is InChI=1S/C23H35N5O2.HI/c1-3-24-23(26-13-11-22-6-4-19-30-22)25-12-5-14-27-15-17-28(18-16-27)20-7-9-21(29-2)10-8-20;/h4,6-10,19H,3,5,11-18H2,1-2H3,(H2,24,25,26);1H. The van der Waals surface area contributed by atoms with Gasteiger partial charge in [-0.05, 0) is 49.7 Å². The fourth-order valence-electron chi connectivity index (χ4n) is 3.61. The SMILES string of the molecule is CCNC(=NCCCN1CCN(c2ccc(OC)cc2)CC1)NCCc1ccco1.I. The molecule has 1 aliphatic heterocycles. The number of nitrogens with one attached hydrogen (secondary N) is 2. The molecule has 0 bridgehead atoms. The van der Waals surface area contributed by atoms with Gasteiger partial charge >= 0.3 is 0 Å². The number of piperazine rings is 1. The van der Waals surface area contributed by atoms with Crippen molar-refractivity contribution in [2.24, 2.45) is 4.99 Å². The number of nitrogens with zero attached hydrogens (tertiary/aromatic N) is 3. The van der Waals surface area contributed by atoms with Gasteiger partial charge in [0.15, 0.2) is 5.96 Å². The Hall–Kier alpha value is -1.94. The number of anilines is 1. The molecule has 31 heavy (non-hydrogen) atoms. The van der Waals surface area contributed by atoms with Crippen LogP contribution in [0.25, 0.3) is 0 Å². The van der Waals surface area contributed by atoms with Crippen LogP contribution in [-0.2, 0) is 6.42 Å². The Kier molecular flexibility index (Phi) is 11.6. The minimum absolute atomic E-state index is 0. The molecule has 172 valence electrons. The Morgan fingerprint density at radius 3 is 2.52 bits per heavy atom. The van der Waals surface area contributed by atoms with Gasteiger partial charge in [-0.3, -0.25) is 9.89 Å². The quantitative estimate of drug-likeness (QED) is 0.209. The van der Waals surface area contributed by atoms with E-state index in [0.29, 0.717) is 0 Å². The predicted octanol–water partition coefficient (Wildman–Crippen LogP) is 3.22. The average molecular weight is 541 g/mol. The highest BCUT2D eigenvalue weighted by Crippen LogP contribution is 2.20. The minimum Gasteiger partial charge on any atom is -0.497 e. The Bertz CT molecular complexity index is 744. The van der Waals surface area contributed by atoms with Crippen molar-refractivity contribution in [1.82, 2.24) is 15.5 Å². The van der Waals surface area contributed by atoms with Crippen molar-refractivity contribution >= 4 is 35.6 Å². The van der Waals surface area contributed by atoms with Gasteiger partial charge in [-0.25, -0.2) is 0 Å². The lowest BCUT2D eigenvalue weighted by Gasteiger charge is -2.36. The van der Waals surface area contributed by atoms with Crippen molar-refractivity contribution < 1.29 is 9.15 Å². The molecule has 8 heteroatoms. The van der Waals surface area contributed by atoms with Crippen LogP contribution in [-0.4, -0.2) is 70.3 Å². The molecule has 1 aromatic carbocycles. The Morgan fingerprint density at radius 1 is 1.10 bits per heavy atom. The number of guanidine groups is 1. The number of rotatable bonds is 10. The van der Waals surface area contributed by atoms with Gasteiger partial charge < -0.3 is 24.7 Å². The number of hydrogen-bond donors (Lipinski definition) is 2. The summed E-state index contributed by atoms with van der Waals surface area (Å²) in [7, 11) is 1.70. The molecule has 0 saturated carbocycles. The zero-order chi connectivity index (χ0) is 21.0. The number of ether oxygens (including phenoxy) is 1. The average Bonchev–Trinajstić information content (AvgIpc) is 3.31. The second-order valence-electron chi connectivity index (χ2n) is 7.40. The van der Waals surface area contributed by atoms with Crippen LogP contribution < -0.4 is 20.3 Å². The maximum atomic E-state index is 5.37. The van der Waals surface area contributed by atoms with Gasteiger partial charge in [0.1, 0.15) is 11.5 Å². The molecular weight excluding hydrogens is 505 g/mol. The van der Waals surface area contributed by atoms with Crippen LogP contribution in [0, 0.1) is 0 Å². The first-order valence-electron chi connectivity index (χ1n) is 10.9. The number of benzene rings is 1. The molecule has 1 aromatic heterocycles. The lowest BCUT2D eigenvalue weighted by atomic mass is 10.2. The Balaban J connectivity index is 0.00000341. The van der Waals surface area contributed by atoms with Crippen molar-refractivity contribution in [2.45, 2.75) is 19.8 Å². The third kappa shape index (κ3) is 8.60. The van der Waals surface area contributed by atoms with Gasteiger partial charge in [0.25, 0.3) is 0 Å². The van der Waals surface area contributed by atoms with Crippen LogP contribution in [0.15, 0.2) is 52.1 Å². The molecule has 2 N–H and O–H groups in total. The molecule has 7 nitrogen and oxygen atoms in total. The van der Waals surface area contributed by atoms with Crippen molar-refractivity contribution in [3.63, 3.8) is 0 Å². The van der Waals surface area contributed by atoms with Crippen LogP contribution in [0.2, 0.25) is 0 Å². The van der Waals surface area contributed by atoms with E-state index >= 15 is 0 Å². The molecule has 0 spiro atoms. The van der Waals surface area contributed by atoms with E-state index in [2.05, 4.69) is 39.5 Å². The van der Waals surface area contributed by atoms with Crippen molar-refractivity contribution in [3.05, 3.63) is 48.4 Å². The fraction of sp³-hybridized carbons (Fsp3) is 0.522. The smallest absolute Gasteiger partial charge is 0.191 e. The first-order valence-corrected chi connectivity index (χ1v) is 10.9. The summed E-state index contributed by atoms with van der Waals surface area (Å²) < 4.78 is 10.6. The number of methoxy groups -OCH3 is 1. The zero-order valence-corrected chi connectivity index (χ0v) is 21.0. The number of aliphatic imine (C=N–C) groups is 1. The van der Waals surface area contributed by atoms with Crippen molar-refractivity contribution in [2.75, 3.05) is 64.4 Å². The predicted molar refractivity (Wildman–Crippen MR) is 138 cm³/mol. The van der Waals surface area contributed by atoms with E-state index in [1.807, 2.05) is 24.3 Å². The largest absolute Gasteiger partial charge is 0.497 e. The van der Waals surface area contributed by atoms with Gasteiger partial charge in [-0.1, -0.05) is 0 Å². The molecule has 3 rings (SSSR count). The van der Waals surface area contributed by atoms with Gasteiger partial charge in [-0.15, -0.1) is 24.0 Å². The van der Waals surface area contributed by atoms with Crippen LogP contribution in [0.5, 0.6) is 5.75 Å². The van der Waals surface area contributed by atoms with E-state index in [-0.39, 0.29) is 24.0 Å². The van der Waals surface area contributed by atoms with Crippen LogP contribution in [0.3, 0.4) is 0 Å². The highest BCUT2D eigenvalue weighted by molar-refractivity contribution is 14.0. The van der Waals surface area contributed by atoms with E-state index in [4.69, 9.17) is 14.1 Å². The first kappa shape index (κ1) is 25.3. The molecule has 0 amide bonds. The topological polar surface area (TPSA) is 65.3 Å². The molecule has 2 heterocycles. The monoisotopic (exact) mass is 541 g/mol. The lowest BCUT2D eigenvalue weighted by Crippen LogP contribution is -2.46. The third-order valence-corrected chi connectivity index (χ3v) is 5.30. The van der Waals surface area contributed by atoms with Gasteiger partial charge in [0.05, 0.1) is 13.4 Å². The summed E-state index contributed by atoms with van der Waals surface area (Å²) >= 11 is 0. The summed E-state index contributed by atoms with van der Waals surface area (Å²) in [4.78, 5) is 9.69. The summed E-state index contributed by atoms with van der Waals surface area (Å²) in [6, 6.07) is 12.3. The fourth-order valence-corrected chi connectivity index (χ4v) is 3.61. The second kappa shape index (κ2) is 14.2. The van der Waals surface area contributed by atoms with Crippen LogP contribution in [0.1, 0.15) is 19.1 Å². The van der Waals surface area contributed by atoms with E-state index in [0.717, 1.165) is 82.7 Å². The van der Waals surface area contributed by atoms with E-state index < -0.39 is 0 Å². The lowest BCUT2D eigenvalue weighted by molar-refractivity contribution is 0.256. The first-order chi connectivity index (χ1) is 14.8.